The van der Waals surface area contributed by atoms with E-state index in [4.69, 9.17) is 5.73 Å². The summed E-state index contributed by atoms with van der Waals surface area (Å²) in [6, 6.07) is 9.67. The molecule has 18 heavy (non-hydrogen) atoms. The molecule has 0 saturated carbocycles. The molecule has 0 radical (unpaired) electrons. The average Bonchev–Trinajstić information content (AvgIpc) is 2.68. The van der Waals surface area contributed by atoms with E-state index in [-0.39, 0.29) is 24.8 Å². The third-order valence-corrected chi connectivity index (χ3v) is 3.53. The molecule has 1 aliphatic heterocycles. The van der Waals surface area contributed by atoms with Crippen molar-refractivity contribution in [3.8, 4) is 0 Å². The number of rotatable bonds is 4. The highest BCUT2D eigenvalue weighted by atomic mass is 35.5. The maximum absolute atomic E-state index is 5.54. The van der Waals surface area contributed by atoms with Gasteiger partial charge in [-0.3, -0.25) is 4.90 Å². The summed E-state index contributed by atoms with van der Waals surface area (Å²) in [6.07, 6.45) is 3.69. The Labute approximate surface area is 123 Å². The lowest BCUT2D eigenvalue weighted by Crippen LogP contribution is -2.26. The minimum absolute atomic E-state index is 0. The first-order valence-electron chi connectivity index (χ1n) is 6.31. The van der Waals surface area contributed by atoms with Crippen LogP contribution < -0.4 is 5.73 Å². The van der Waals surface area contributed by atoms with Crippen molar-refractivity contribution >= 4 is 24.8 Å². The van der Waals surface area contributed by atoms with Crippen molar-refractivity contribution in [3.63, 3.8) is 0 Å². The first-order valence-corrected chi connectivity index (χ1v) is 6.31. The van der Waals surface area contributed by atoms with Crippen LogP contribution in [0.1, 0.15) is 30.9 Å². The molecule has 1 aliphatic rings. The third-order valence-electron chi connectivity index (χ3n) is 3.53. The molecule has 2 nitrogen and oxygen atoms in total. The quantitative estimate of drug-likeness (QED) is 0.924. The van der Waals surface area contributed by atoms with E-state index in [0.29, 0.717) is 0 Å². The van der Waals surface area contributed by atoms with Crippen LogP contribution in [0.3, 0.4) is 0 Å². The Morgan fingerprint density at radius 3 is 2.28 bits per heavy atom. The highest BCUT2D eigenvalue weighted by Gasteiger charge is 2.19. The van der Waals surface area contributed by atoms with Crippen LogP contribution in [0.2, 0.25) is 0 Å². The van der Waals surface area contributed by atoms with E-state index in [9.17, 15) is 0 Å². The molecule has 1 unspecified atom stereocenters. The fourth-order valence-corrected chi connectivity index (χ4v) is 2.44. The molecule has 1 heterocycles. The zero-order valence-corrected chi connectivity index (χ0v) is 12.6. The largest absolute Gasteiger partial charge is 0.330 e. The van der Waals surface area contributed by atoms with Crippen LogP contribution in [0, 0.1) is 0 Å². The van der Waals surface area contributed by atoms with Gasteiger partial charge >= 0.3 is 0 Å². The lowest BCUT2D eigenvalue weighted by atomic mass is 10.1. The Hall–Kier alpha value is -0.280. The average molecular weight is 291 g/mol. The number of likely N-dealkylation sites (tertiary alicyclic amines) is 1. The van der Waals surface area contributed by atoms with E-state index < -0.39 is 0 Å². The SMILES string of the molecule is CC1CCCN1Cc1ccc(CCN)cc1.Cl.Cl. The van der Waals surface area contributed by atoms with Gasteiger partial charge in [0, 0.05) is 12.6 Å². The molecule has 2 N–H and O–H groups in total. The van der Waals surface area contributed by atoms with Gasteiger partial charge in [0.1, 0.15) is 0 Å². The second-order valence-electron chi connectivity index (χ2n) is 4.82. The zero-order chi connectivity index (χ0) is 11.4. The van der Waals surface area contributed by atoms with Crippen LogP contribution in [0.5, 0.6) is 0 Å². The van der Waals surface area contributed by atoms with Crippen molar-refractivity contribution in [1.29, 1.82) is 0 Å². The molecule has 0 aliphatic carbocycles. The maximum Gasteiger partial charge on any atom is 0.0236 e. The predicted octanol–water partition coefficient (Wildman–Crippen LogP) is 3.02. The molecule has 1 fully saturated rings. The van der Waals surface area contributed by atoms with Gasteiger partial charge in [-0.1, -0.05) is 24.3 Å². The molecule has 1 aromatic rings. The fraction of sp³-hybridized carbons (Fsp3) is 0.571. The topological polar surface area (TPSA) is 29.3 Å². The van der Waals surface area contributed by atoms with E-state index in [1.54, 1.807) is 0 Å². The van der Waals surface area contributed by atoms with Crippen molar-refractivity contribution < 1.29 is 0 Å². The van der Waals surface area contributed by atoms with Crippen molar-refractivity contribution in [2.24, 2.45) is 5.73 Å². The van der Waals surface area contributed by atoms with E-state index in [2.05, 4.69) is 36.1 Å². The monoisotopic (exact) mass is 290 g/mol. The molecule has 0 amide bonds. The molecule has 1 aromatic carbocycles. The second-order valence-corrected chi connectivity index (χ2v) is 4.82. The van der Waals surface area contributed by atoms with E-state index in [1.807, 2.05) is 0 Å². The first-order chi connectivity index (χ1) is 7.79. The number of nitrogens with two attached hydrogens (primary N) is 1. The van der Waals surface area contributed by atoms with Gasteiger partial charge in [0.25, 0.3) is 0 Å². The summed E-state index contributed by atoms with van der Waals surface area (Å²) < 4.78 is 0. The molecule has 1 atom stereocenters. The number of benzene rings is 1. The van der Waals surface area contributed by atoms with Crippen LogP contribution in [0.15, 0.2) is 24.3 Å². The van der Waals surface area contributed by atoms with Gasteiger partial charge in [-0.05, 0) is 50.4 Å². The van der Waals surface area contributed by atoms with Crippen LogP contribution in [-0.4, -0.2) is 24.0 Å². The molecule has 4 heteroatoms. The van der Waals surface area contributed by atoms with Gasteiger partial charge < -0.3 is 5.73 Å². The molecular weight excluding hydrogens is 267 g/mol. The summed E-state index contributed by atoms with van der Waals surface area (Å²) in [5.74, 6) is 0. The predicted molar refractivity (Wildman–Crippen MR) is 82.8 cm³/mol. The van der Waals surface area contributed by atoms with Gasteiger partial charge in [0.05, 0.1) is 0 Å². The molecule has 104 valence electrons. The van der Waals surface area contributed by atoms with Gasteiger partial charge in [-0.2, -0.15) is 0 Å². The standard InChI is InChI=1S/C14H22N2.2ClH/c1-12-3-2-10-16(12)11-14-6-4-13(5-7-14)8-9-15;;/h4-7,12H,2-3,8-11,15H2,1H3;2*1H. The highest BCUT2D eigenvalue weighted by Crippen LogP contribution is 2.19. The molecule has 0 spiro atoms. The van der Waals surface area contributed by atoms with Crippen molar-refractivity contribution in [1.82, 2.24) is 4.90 Å². The lowest BCUT2D eigenvalue weighted by Gasteiger charge is -2.20. The number of nitrogens with zero attached hydrogens (tertiary/aromatic N) is 1. The van der Waals surface area contributed by atoms with Gasteiger partial charge in [0.2, 0.25) is 0 Å². The summed E-state index contributed by atoms with van der Waals surface area (Å²) in [6.45, 7) is 5.42. The zero-order valence-electron chi connectivity index (χ0n) is 11.0. The molecule has 2 rings (SSSR count). The normalized spacial score (nSPS) is 19.1. The maximum atomic E-state index is 5.54. The van der Waals surface area contributed by atoms with E-state index >= 15 is 0 Å². The highest BCUT2D eigenvalue weighted by molar-refractivity contribution is 5.85. The van der Waals surface area contributed by atoms with Gasteiger partial charge in [-0.15, -0.1) is 24.8 Å². The summed E-state index contributed by atoms with van der Waals surface area (Å²) >= 11 is 0. The second kappa shape index (κ2) is 8.76. The molecule has 0 aromatic heterocycles. The third kappa shape index (κ3) is 4.77. The molecule has 1 saturated heterocycles. The molecule has 0 bridgehead atoms. The Bertz CT molecular complexity index is 327. The van der Waals surface area contributed by atoms with Crippen molar-refractivity contribution in [3.05, 3.63) is 35.4 Å². The Kier molecular flexibility index (Phi) is 8.62. The van der Waals surface area contributed by atoms with Gasteiger partial charge in [-0.25, -0.2) is 0 Å². The molecular formula is C14H24Cl2N2. The van der Waals surface area contributed by atoms with E-state index in [0.717, 1.165) is 25.6 Å². The lowest BCUT2D eigenvalue weighted by molar-refractivity contribution is 0.260. The Balaban J connectivity index is 0.00000144. The smallest absolute Gasteiger partial charge is 0.0236 e. The van der Waals surface area contributed by atoms with Crippen LogP contribution in [0.25, 0.3) is 0 Å². The summed E-state index contributed by atoms with van der Waals surface area (Å²) in [5.41, 5.74) is 8.31. The summed E-state index contributed by atoms with van der Waals surface area (Å²) in [7, 11) is 0. The van der Waals surface area contributed by atoms with Crippen LogP contribution >= 0.6 is 24.8 Å². The first kappa shape index (κ1) is 17.7. The van der Waals surface area contributed by atoms with E-state index in [1.165, 1.54) is 30.5 Å². The summed E-state index contributed by atoms with van der Waals surface area (Å²) in [4.78, 5) is 2.57. The number of hydrogen-bond acceptors (Lipinski definition) is 2. The Morgan fingerprint density at radius 2 is 1.78 bits per heavy atom. The van der Waals surface area contributed by atoms with Crippen molar-refractivity contribution in [2.45, 2.75) is 38.8 Å². The van der Waals surface area contributed by atoms with Crippen LogP contribution in [0.4, 0.5) is 0 Å². The van der Waals surface area contributed by atoms with Crippen molar-refractivity contribution in [2.75, 3.05) is 13.1 Å². The van der Waals surface area contributed by atoms with Gasteiger partial charge in [0.15, 0.2) is 0 Å². The summed E-state index contributed by atoms with van der Waals surface area (Å²) in [5, 5.41) is 0. The minimum atomic E-state index is 0. The Morgan fingerprint density at radius 1 is 1.17 bits per heavy atom. The number of halogens is 2. The minimum Gasteiger partial charge on any atom is -0.330 e. The number of hydrogen-bond donors (Lipinski definition) is 1. The fourth-order valence-electron chi connectivity index (χ4n) is 2.44. The van der Waals surface area contributed by atoms with Crippen LogP contribution in [-0.2, 0) is 13.0 Å².